The van der Waals surface area contributed by atoms with Crippen LogP contribution in [0.1, 0.15) is 44.4 Å². The van der Waals surface area contributed by atoms with Crippen LogP contribution in [0.5, 0.6) is 0 Å². The topological polar surface area (TPSA) is 80.5 Å². The van der Waals surface area contributed by atoms with Crippen LogP contribution in [0.25, 0.3) is 0 Å². The Morgan fingerprint density at radius 3 is 3.04 bits per heavy atom. The molecule has 128 valence electrons. The first-order valence-electron chi connectivity index (χ1n) is 8.30. The fourth-order valence-electron chi connectivity index (χ4n) is 2.58. The highest BCUT2D eigenvalue weighted by Gasteiger charge is 2.23. The predicted octanol–water partition coefficient (Wildman–Crippen LogP) is 3.54. The smallest absolute Gasteiger partial charge is 0.414 e. The molecule has 0 aliphatic carbocycles. The van der Waals surface area contributed by atoms with Crippen LogP contribution < -0.4 is 10.2 Å². The molecule has 1 aromatic heterocycles. The van der Waals surface area contributed by atoms with E-state index in [1.165, 1.54) is 0 Å². The van der Waals surface area contributed by atoms with Crippen molar-refractivity contribution in [3.05, 3.63) is 36.0 Å². The number of aromatic nitrogens is 2. The van der Waals surface area contributed by atoms with Crippen LogP contribution in [0.3, 0.4) is 0 Å². The molecule has 0 radical (unpaired) electrons. The minimum absolute atomic E-state index is 0.117. The zero-order valence-corrected chi connectivity index (χ0v) is 14.0. The van der Waals surface area contributed by atoms with Crippen molar-refractivity contribution in [3.63, 3.8) is 0 Å². The second-order valence-corrected chi connectivity index (χ2v) is 5.83. The third-order valence-corrected chi connectivity index (χ3v) is 3.91. The number of carbonyl (C=O) groups is 1. The number of ether oxygens (including phenoxy) is 1. The first-order valence-corrected chi connectivity index (χ1v) is 8.30. The van der Waals surface area contributed by atoms with Gasteiger partial charge in [-0.15, -0.1) is 0 Å². The van der Waals surface area contributed by atoms with Crippen molar-refractivity contribution in [2.45, 2.75) is 39.2 Å². The van der Waals surface area contributed by atoms with Crippen molar-refractivity contribution in [3.8, 4) is 0 Å². The summed E-state index contributed by atoms with van der Waals surface area (Å²) in [5.41, 5.74) is 1.69. The van der Waals surface area contributed by atoms with E-state index in [9.17, 15) is 4.79 Å². The Balaban J connectivity index is 1.67. The maximum atomic E-state index is 11.7. The summed E-state index contributed by atoms with van der Waals surface area (Å²) in [6.45, 7) is 5.10. The Morgan fingerprint density at radius 1 is 1.42 bits per heavy atom. The number of unbranched alkanes of at least 4 members (excludes halogenated alkanes) is 1. The molecule has 1 amide bonds. The number of hydrogen-bond acceptors (Lipinski definition) is 6. The van der Waals surface area contributed by atoms with E-state index < -0.39 is 0 Å². The molecule has 1 N–H and O–H groups in total. The minimum Gasteiger partial charge on any atom is -0.447 e. The molecule has 1 saturated heterocycles. The molecule has 1 aliphatic heterocycles. The molecule has 2 aromatic rings. The van der Waals surface area contributed by atoms with Gasteiger partial charge in [-0.05, 0) is 31.5 Å². The van der Waals surface area contributed by atoms with Crippen molar-refractivity contribution in [2.75, 3.05) is 23.4 Å². The maximum Gasteiger partial charge on any atom is 0.414 e. The summed E-state index contributed by atoms with van der Waals surface area (Å²) in [7, 11) is 0. The molecule has 3 rings (SSSR count). The Hall–Kier alpha value is -2.57. The lowest BCUT2D eigenvalue weighted by molar-refractivity contribution is 0.181. The predicted molar refractivity (Wildman–Crippen MR) is 90.1 cm³/mol. The lowest BCUT2D eigenvalue weighted by Gasteiger charge is -2.16. The molecule has 1 fully saturated rings. The number of amides is 1. The SMILES string of the molecule is CCCCc1noc([C@@H](C)Nc2cccc(N3CCOC3=O)c2)n1. The van der Waals surface area contributed by atoms with Crippen molar-refractivity contribution in [1.82, 2.24) is 10.1 Å². The van der Waals surface area contributed by atoms with Crippen LogP contribution in [0.4, 0.5) is 16.2 Å². The summed E-state index contributed by atoms with van der Waals surface area (Å²) in [5.74, 6) is 1.31. The van der Waals surface area contributed by atoms with E-state index in [2.05, 4.69) is 22.4 Å². The summed E-state index contributed by atoms with van der Waals surface area (Å²) in [6, 6.07) is 7.52. The van der Waals surface area contributed by atoms with E-state index >= 15 is 0 Å². The number of nitrogens with one attached hydrogen (secondary N) is 1. The number of nitrogens with zero attached hydrogens (tertiary/aromatic N) is 3. The van der Waals surface area contributed by atoms with Crippen molar-refractivity contribution >= 4 is 17.5 Å². The number of rotatable bonds is 7. The van der Waals surface area contributed by atoms with Gasteiger partial charge >= 0.3 is 6.09 Å². The Kier molecular flexibility index (Phi) is 4.98. The number of aryl methyl sites for hydroxylation is 1. The van der Waals surface area contributed by atoms with Crippen LogP contribution in [-0.2, 0) is 11.2 Å². The van der Waals surface area contributed by atoms with Crippen LogP contribution in [0, 0.1) is 0 Å². The largest absolute Gasteiger partial charge is 0.447 e. The number of hydrogen-bond donors (Lipinski definition) is 1. The molecule has 0 bridgehead atoms. The number of anilines is 2. The lowest BCUT2D eigenvalue weighted by atomic mass is 10.2. The lowest BCUT2D eigenvalue weighted by Crippen LogP contribution is -2.23. The van der Waals surface area contributed by atoms with Gasteiger partial charge in [-0.1, -0.05) is 24.6 Å². The molecule has 0 saturated carbocycles. The van der Waals surface area contributed by atoms with E-state index in [4.69, 9.17) is 9.26 Å². The Bertz CT molecular complexity index is 701. The van der Waals surface area contributed by atoms with Crippen LogP contribution in [0.2, 0.25) is 0 Å². The second kappa shape index (κ2) is 7.33. The van der Waals surface area contributed by atoms with E-state index in [1.807, 2.05) is 31.2 Å². The highest BCUT2D eigenvalue weighted by Crippen LogP contribution is 2.25. The third-order valence-electron chi connectivity index (χ3n) is 3.91. The first-order chi connectivity index (χ1) is 11.7. The van der Waals surface area contributed by atoms with Gasteiger partial charge in [0.05, 0.1) is 6.54 Å². The molecule has 7 heteroatoms. The third kappa shape index (κ3) is 3.67. The molecule has 1 aromatic carbocycles. The molecular weight excluding hydrogens is 308 g/mol. The van der Waals surface area contributed by atoms with E-state index in [-0.39, 0.29) is 12.1 Å². The summed E-state index contributed by atoms with van der Waals surface area (Å²) in [4.78, 5) is 17.7. The first kappa shape index (κ1) is 16.3. The fraction of sp³-hybridized carbons (Fsp3) is 0.471. The van der Waals surface area contributed by atoms with Gasteiger partial charge in [0, 0.05) is 17.8 Å². The molecule has 7 nitrogen and oxygen atoms in total. The second-order valence-electron chi connectivity index (χ2n) is 5.83. The van der Waals surface area contributed by atoms with Gasteiger partial charge in [-0.25, -0.2) is 4.79 Å². The summed E-state index contributed by atoms with van der Waals surface area (Å²) in [6.07, 6.45) is 2.68. The summed E-state index contributed by atoms with van der Waals surface area (Å²) >= 11 is 0. The molecule has 0 spiro atoms. The number of benzene rings is 1. The van der Waals surface area contributed by atoms with Crippen LogP contribution >= 0.6 is 0 Å². The van der Waals surface area contributed by atoms with Gasteiger partial charge in [0.2, 0.25) is 5.89 Å². The van der Waals surface area contributed by atoms with Crippen LogP contribution in [-0.4, -0.2) is 29.4 Å². The quantitative estimate of drug-likeness (QED) is 0.836. The van der Waals surface area contributed by atoms with Gasteiger partial charge in [-0.2, -0.15) is 4.98 Å². The standard InChI is InChI=1S/C17H22N4O3/c1-3-4-8-15-19-16(24-20-15)12(2)18-13-6-5-7-14(11-13)21-9-10-23-17(21)22/h5-7,11-12,18H,3-4,8-10H2,1-2H3/t12-/m1/s1. The monoisotopic (exact) mass is 330 g/mol. The summed E-state index contributed by atoms with van der Waals surface area (Å²) < 4.78 is 10.3. The molecule has 24 heavy (non-hydrogen) atoms. The highest BCUT2D eigenvalue weighted by molar-refractivity contribution is 5.89. The van der Waals surface area contributed by atoms with Gasteiger partial charge in [0.25, 0.3) is 0 Å². The van der Waals surface area contributed by atoms with Gasteiger partial charge in [0.15, 0.2) is 5.82 Å². The number of cyclic esters (lactones) is 1. The average Bonchev–Trinajstić information content (AvgIpc) is 3.22. The van der Waals surface area contributed by atoms with E-state index in [0.29, 0.717) is 19.0 Å². The van der Waals surface area contributed by atoms with Crippen molar-refractivity contribution < 1.29 is 14.1 Å². The number of carbonyl (C=O) groups excluding carboxylic acids is 1. The molecular formula is C17H22N4O3. The van der Waals surface area contributed by atoms with Gasteiger partial charge < -0.3 is 14.6 Å². The van der Waals surface area contributed by atoms with E-state index in [1.54, 1.807) is 4.90 Å². The van der Waals surface area contributed by atoms with Gasteiger partial charge in [-0.3, -0.25) is 4.90 Å². The molecule has 0 unspecified atom stereocenters. The highest BCUT2D eigenvalue weighted by atomic mass is 16.6. The van der Waals surface area contributed by atoms with Crippen LogP contribution in [0.15, 0.2) is 28.8 Å². The zero-order valence-electron chi connectivity index (χ0n) is 14.0. The zero-order chi connectivity index (χ0) is 16.9. The molecule has 2 heterocycles. The fourth-order valence-corrected chi connectivity index (χ4v) is 2.58. The van der Waals surface area contributed by atoms with Crippen molar-refractivity contribution in [1.29, 1.82) is 0 Å². The Labute approximate surface area is 141 Å². The van der Waals surface area contributed by atoms with Gasteiger partial charge in [0.1, 0.15) is 12.6 Å². The normalized spacial score (nSPS) is 15.4. The molecule has 1 atom stereocenters. The van der Waals surface area contributed by atoms with Crippen molar-refractivity contribution in [2.24, 2.45) is 0 Å². The average molecular weight is 330 g/mol. The maximum absolute atomic E-state index is 11.7. The molecule has 1 aliphatic rings. The Morgan fingerprint density at radius 2 is 2.29 bits per heavy atom. The minimum atomic E-state index is -0.308. The van der Waals surface area contributed by atoms with E-state index in [0.717, 1.165) is 36.5 Å². The summed E-state index contributed by atoms with van der Waals surface area (Å²) in [5, 5.41) is 7.34.